The molecule has 1 aromatic heterocycles. The van der Waals surface area contributed by atoms with E-state index in [1.165, 1.54) is 11.3 Å². The van der Waals surface area contributed by atoms with Gasteiger partial charge in [0, 0.05) is 32.2 Å². The van der Waals surface area contributed by atoms with Crippen molar-refractivity contribution in [2.24, 2.45) is 5.73 Å². The van der Waals surface area contributed by atoms with E-state index in [9.17, 15) is 4.79 Å². The van der Waals surface area contributed by atoms with E-state index in [4.69, 9.17) is 11.5 Å². The second-order valence-corrected chi connectivity index (χ2v) is 6.19. The zero-order valence-corrected chi connectivity index (χ0v) is 12.1. The zero-order valence-electron chi connectivity index (χ0n) is 11.3. The maximum Gasteiger partial charge on any atom is 0.268 e. The summed E-state index contributed by atoms with van der Waals surface area (Å²) < 4.78 is 0. The Kier molecular flexibility index (Phi) is 3.62. The molecule has 0 bridgehead atoms. The van der Waals surface area contributed by atoms with Crippen LogP contribution < -0.4 is 16.4 Å². The van der Waals surface area contributed by atoms with Crippen LogP contribution in [0, 0.1) is 0 Å². The van der Waals surface area contributed by atoms with Gasteiger partial charge in [-0.25, -0.2) is 4.98 Å². The number of rotatable bonds is 2. The molecule has 2 aliphatic heterocycles. The first-order chi connectivity index (χ1) is 9.65. The van der Waals surface area contributed by atoms with Gasteiger partial charge in [0.15, 0.2) is 5.13 Å². The Morgan fingerprint density at radius 1 is 1.40 bits per heavy atom. The number of anilines is 2. The van der Waals surface area contributed by atoms with Crippen LogP contribution in [0.4, 0.5) is 10.9 Å². The Morgan fingerprint density at radius 3 is 2.90 bits per heavy atom. The van der Waals surface area contributed by atoms with Crippen LogP contribution in [0.2, 0.25) is 0 Å². The molecule has 0 aromatic carbocycles. The molecule has 0 saturated carbocycles. The number of carbonyl (C=O) groups is 1. The van der Waals surface area contributed by atoms with Crippen molar-refractivity contribution in [3.8, 4) is 0 Å². The van der Waals surface area contributed by atoms with Crippen LogP contribution in [0.3, 0.4) is 0 Å². The molecule has 1 aromatic rings. The molecule has 0 spiro atoms. The van der Waals surface area contributed by atoms with E-state index in [-0.39, 0.29) is 11.9 Å². The van der Waals surface area contributed by atoms with Crippen molar-refractivity contribution in [1.82, 2.24) is 9.88 Å². The molecule has 1 unspecified atom stereocenters. The second kappa shape index (κ2) is 5.41. The van der Waals surface area contributed by atoms with Gasteiger partial charge in [-0.3, -0.25) is 4.79 Å². The molecular weight excluding hydrogens is 274 g/mol. The molecule has 3 heterocycles. The molecule has 108 valence electrons. The summed E-state index contributed by atoms with van der Waals surface area (Å²) in [7, 11) is 0. The molecule has 6 nitrogen and oxygen atoms in total. The fourth-order valence-corrected chi connectivity index (χ4v) is 3.53. The number of hydrogen-bond donors (Lipinski definition) is 2. The minimum absolute atomic E-state index is 0.0147. The van der Waals surface area contributed by atoms with E-state index < -0.39 is 0 Å². The first kappa shape index (κ1) is 13.4. The fourth-order valence-electron chi connectivity index (χ4n) is 2.54. The molecule has 2 aliphatic rings. The topological polar surface area (TPSA) is 88.5 Å². The van der Waals surface area contributed by atoms with Gasteiger partial charge in [0.05, 0.1) is 0 Å². The van der Waals surface area contributed by atoms with Gasteiger partial charge in [-0.1, -0.05) is 23.5 Å². The number of carbonyl (C=O) groups excluding carboxylic acids is 1. The molecule has 1 amide bonds. The predicted octanol–water partition coefficient (Wildman–Crippen LogP) is 0.665. The van der Waals surface area contributed by atoms with E-state index in [1.54, 1.807) is 0 Å². The van der Waals surface area contributed by atoms with Crippen molar-refractivity contribution in [2.45, 2.75) is 18.9 Å². The smallest absolute Gasteiger partial charge is 0.268 e. The van der Waals surface area contributed by atoms with E-state index in [0.717, 1.165) is 37.6 Å². The highest BCUT2D eigenvalue weighted by atomic mass is 32.1. The lowest BCUT2D eigenvalue weighted by atomic mass is 10.2. The molecule has 1 fully saturated rings. The third-order valence-electron chi connectivity index (χ3n) is 3.68. The number of aromatic nitrogens is 1. The standard InChI is InChI=1S/C13H19N5OS/c14-9-4-7-18(8-9)13-16-11(15)10(20-13)12(19)17-5-2-1-3-6-17/h1-2,9H,3-8,14-15H2. The van der Waals surface area contributed by atoms with Crippen molar-refractivity contribution in [2.75, 3.05) is 36.8 Å². The summed E-state index contributed by atoms with van der Waals surface area (Å²) in [6.45, 7) is 3.07. The van der Waals surface area contributed by atoms with E-state index >= 15 is 0 Å². The Hall–Kier alpha value is -1.60. The summed E-state index contributed by atoms with van der Waals surface area (Å²) in [5.41, 5.74) is 11.8. The Balaban J connectivity index is 1.78. The van der Waals surface area contributed by atoms with Gasteiger partial charge in [0.2, 0.25) is 0 Å². The Labute approximate surface area is 122 Å². The van der Waals surface area contributed by atoms with Crippen molar-refractivity contribution in [1.29, 1.82) is 0 Å². The minimum Gasteiger partial charge on any atom is -0.382 e. The van der Waals surface area contributed by atoms with Crippen LogP contribution in [0.15, 0.2) is 12.2 Å². The van der Waals surface area contributed by atoms with Gasteiger partial charge in [0.1, 0.15) is 10.7 Å². The Morgan fingerprint density at radius 2 is 2.25 bits per heavy atom. The normalized spacial score (nSPS) is 22.6. The number of nitrogen functional groups attached to an aromatic ring is 1. The molecule has 4 N–H and O–H groups in total. The van der Waals surface area contributed by atoms with Crippen molar-refractivity contribution in [3.63, 3.8) is 0 Å². The fraction of sp³-hybridized carbons (Fsp3) is 0.538. The molecular formula is C13H19N5OS. The quantitative estimate of drug-likeness (QED) is 0.782. The summed E-state index contributed by atoms with van der Waals surface area (Å²) in [5, 5.41) is 0.811. The molecule has 1 atom stereocenters. The number of hydrogen-bond acceptors (Lipinski definition) is 6. The van der Waals surface area contributed by atoms with Gasteiger partial charge >= 0.3 is 0 Å². The summed E-state index contributed by atoms with van der Waals surface area (Å²) >= 11 is 1.38. The van der Waals surface area contributed by atoms with Crippen LogP contribution in [0.25, 0.3) is 0 Å². The summed E-state index contributed by atoms with van der Waals surface area (Å²) in [4.78, 5) is 21.3. The lowest BCUT2D eigenvalue weighted by molar-refractivity contribution is 0.0776. The van der Waals surface area contributed by atoms with Gasteiger partial charge in [-0.15, -0.1) is 0 Å². The summed E-state index contributed by atoms with van der Waals surface area (Å²) in [6, 6.07) is 0.187. The molecule has 0 radical (unpaired) electrons. The van der Waals surface area contributed by atoms with Gasteiger partial charge in [-0.05, 0) is 12.8 Å². The number of nitrogens with zero attached hydrogens (tertiary/aromatic N) is 3. The largest absolute Gasteiger partial charge is 0.382 e. The molecule has 0 aliphatic carbocycles. The average Bonchev–Trinajstić information content (AvgIpc) is 3.05. The third-order valence-corrected chi connectivity index (χ3v) is 4.80. The number of nitrogens with two attached hydrogens (primary N) is 2. The van der Waals surface area contributed by atoms with Crippen molar-refractivity contribution in [3.05, 3.63) is 17.0 Å². The van der Waals surface area contributed by atoms with Crippen LogP contribution >= 0.6 is 11.3 Å². The van der Waals surface area contributed by atoms with Gasteiger partial charge < -0.3 is 21.3 Å². The lowest BCUT2D eigenvalue weighted by Crippen LogP contribution is -2.33. The molecule has 1 saturated heterocycles. The molecule has 3 rings (SSSR count). The highest BCUT2D eigenvalue weighted by molar-refractivity contribution is 7.18. The van der Waals surface area contributed by atoms with Crippen LogP contribution in [0.1, 0.15) is 22.5 Å². The maximum absolute atomic E-state index is 12.5. The molecule has 7 heteroatoms. The van der Waals surface area contributed by atoms with E-state index in [0.29, 0.717) is 17.2 Å². The highest BCUT2D eigenvalue weighted by Gasteiger charge is 2.26. The van der Waals surface area contributed by atoms with E-state index in [1.807, 2.05) is 11.0 Å². The summed E-state index contributed by atoms with van der Waals surface area (Å²) in [6.07, 6.45) is 5.97. The zero-order chi connectivity index (χ0) is 14.1. The first-order valence-electron chi connectivity index (χ1n) is 6.86. The summed E-state index contributed by atoms with van der Waals surface area (Å²) in [5.74, 6) is 0.323. The minimum atomic E-state index is -0.0147. The highest BCUT2D eigenvalue weighted by Crippen LogP contribution is 2.31. The predicted molar refractivity (Wildman–Crippen MR) is 81.0 cm³/mol. The monoisotopic (exact) mass is 293 g/mol. The molecule has 20 heavy (non-hydrogen) atoms. The number of thiazole rings is 1. The van der Waals surface area contributed by atoms with Crippen molar-refractivity contribution < 1.29 is 4.79 Å². The number of amides is 1. The second-order valence-electron chi connectivity index (χ2n) is 5.22. The van der Waals surface area contributed by atoms with E-state index in [2.05, 4.69) is 16.0 Å². The SMILES string of the molecule is Nc1nc(N2CCC(N)C2)sc1C(=O)N1CC=CCC1. The van der Waals surface area contributed by atoms with Crippen LogP contribution in [-0.4, -0.2) is 48.0 Å². The van der Waals surface area contributed by atoms with Gasteiger partial charge in [0.25, 0.3) is 5.91 Å². The lowest BCUT2D eigenvalue weighted by Gasteiger charge is -2.22. The third kappa shape index (κ3) is 2.51. The maximum atomic E-state index is 12.5. The Bertz CT molecular complexity index is 541. The van der Waals surface area contributed by atoms with Crippen molar-refractivity contribution >= 4 is 28.2 Å². The van der Waals surface area contributed by atoms with Crippen LogP contribution in [-0.2, 0) is 0 Å². The first-order valence-corrected chi connectivity index (χ1v) is 7.68. The van der Waals surface area contributed by atoms with Crippen LogP contribution in [0.5, 0.6) is 0 Å². The van der Waals surface area contributed by atoms with Gasteiger partial charge in [-0.2, -0.15) is 0 Å². The average molecular weight is 293 g/mol.